The highest BCUT2D eigenvalue weighted by molar-refractivity contribution is 6.10. The van der Waals surface area contributed by atoms with Crippen molar-refractivity contribution in [2.24, 2.45) is 5.11 Å². The zero-order valence-electron chi connectivity index (χ0n) is 17.0. The predicted molar refractivity (Wildman–Crippen MR) is 123 cm³/mol. The molecule has 0 radical (unpaired) electrons. The van der Waals surface area contributed by atoms with E-state index in [0.29, 0.717) is 22.2 Å². The summed E-state index contributed by atoms with van der Waals surface area (Å²) in [6.07, 6.45) is 0. The lowest BCUT2D eigenvalue weighted by Crippen LogP contribution is -2.27. The molecule has 0 saturated heterocycles. The van der Waals surface area contributed by atoms with Gasteiger partial charge in [-0.3, -0.25) is 4.79 Å². The van der Waals surface area contributed by atoms with Crippen LogP contribution in [0.4, 0.5) is 11.4 Å². The molecule has 0 fully saturated rings. The van der Waals surface area contributed by atoms with Crippen LogP contribution in [0.1, 0.15) is 21.5 Å². The standard InChI is InChI=1S/C25H16N4O3/c1-29(25(31)20-9-5-6-10-21(20)27-28-26)22-14-15-23-19(13-16-24(30)32-23)18(22)12-11-17-7-3-2-4-8-17/h2-10,13-16H,1H3. The van der Waals surface area contributed by atoms with E-state index in [1.807, 2.05) is 30.3 Å². The average molecular weight is 420 g/mol. The van der Waals surface area contributed by atoms with Crippen LogP contribution in [0, 0.1) is 11.8 Å². The fraction of sp³-hybridized carbons (Fsp3) is 0.0400. The van der Waals surface area contributed by atoms with Gasteiger partial charge in [-0.1, -0.05) is 53.4 Å². The SMILES string of the molecule is CN(C(=O)c1ccccc1N=[N+]=[N-])c1ccc2oc(=O)ccc2c1C#Cc1ccccc1. The molecule has 0 atom stereocenters. The van der Waals surface area contributed by atoms with E-state index in [1.165, 1.54) is 11.0 Å². The van der Waals surface area contributed by atoms with Crippen molar-refractivity contribution < 1.29 is 9.21 Å². The second kappa shape index (κ2) is 8.92. The van der Waals surface area contributed by atoms with Crippen LogP contribution in [-0.2, 0) is 0 Å². The molecule has 154 valence electrons. The maximum Gasteiger partial charge on any atom is 0.336 e. The minimum Gasteiger partial charge on any atom is -0.423 e. The molecule has 0 bridgehead atoms. The second-order valence-electron chi connectivity index (χ2n) is 6.81. The monoisotopic (exact) mass is 420 g/mol. The number of hydrogen-bond acceptors (Lipinski definition) is 4. The maximum absolute atomic E-state index is 13.3. The molecule has 4 aromatic rings. The number of anilines is 1. The molecule has 7 nitrogen and oxygen atoms in total. The van der Waals surface area contributed by atoms with E-state index in [4.69, 9.17) is 9.95 Å². The first-order valence-electron chi connectivity index (χ1n) is 9.64. The summed E-state index contributed by atoms with van der Waals surface area (Å²) in [5, 5.41) is 4.22. The quantitative estimate of drug-likeness (QED) is 0.146. The molecule has 7 heteroatoms. The van der Waals surface area contributed by atoms with Gasteiger partial charge in [0.2, 0.25) is 0 Å². The van der Waals surface area contributed by atoms with Crippen LogP contribution in [0.5, 0.6) is 0 Å². The molecule has 1 amide bonds. The molecule has 0 aliphatic rings. The first-order valence-corrected chi connectivity index (χ1v) is 9.64. The fourth-order valence-electron chi connectivity index (χ4n) is 3.28. The topological polar surface area (TPSA) is 99.3 Å². The zero-order valence-corrected chi connectivity index (χ0v) is 17.0. The summed E-state index contributed by atoms with van der Waals surface area (Å²) in [6, 6.07) is 22.2. The lowest BCUT2D eigenvalue weighted by molar-refractivity contribution is 0.0993. The van der Waals surface area contributed by atoms with Crippen molar-refractivity contribution in [1.82, 2.24) is 0 Å². The van der Waals surface area contributed by atoms with E-state index in [-0.39, 0.29) is 17.2 Å². The second-order valence-corrected chi connectivity index (χ2v) is 6.81. The van der Waals surface area contributed by atoms with Gasteiger partial charge in [-0.2, -0.15) is 0 Å². The van der Waals surface area contributed by atoms with Crippen LogP contribution < -0.4 is 10.5 Å². The number of benzene rings is 3. The number of rotatable bonds is 3. The van der Waals surface area contributed by atoms with E-state index in [0.717, 1.165) is 5.56 Å². The number of fused-ring (bicyclic) bond motifs is 1. The summed E-state index contributed by atoms with van der Waals surface area (Å²) in [6.45, 7) is 0. The van der Waals surface area contributed by atoms with Crippen molar-refractivity contribution in [3.8, 4) is 11.8 Å². The Kier molecular flexibility index (Phi) is 5.71. The first kappa shape index (κ1) is 20.5. The highest BCUT2D eigenvalue weighted by Crippen LogP contribution is 2.30. The Morgan fingerprint density at radius 1 is 0.969 bits per heavy atom. The smallest absolute Gasteiger partial charge is 0.336 e. The summed E-state index contributed by atoms with van der Waals surface area (Å²) in [4.78, 5) is 29.2. The molecular weight excluding hydrogens is 404 g/mol. The van der Waals surface area contributed by atoms with Crippen LogP contribution >= 0.6 is 0 Å². The van der Waals surface area contributed by atoms with Gasteiger partial charge in [-0.25, -0.2) is 4.79 Å². The van der Waals surface area contributed by atoms with Crippen molar-refractivity contribution in [2.45, 2.75) is 0 Å². The van der Waals surface area contributed by atoms with Crippen molar-refractivity contribution in [3.63, 3.8) is 0 Å². The molecule has 4 rings (SSSR count). The molecule has 0 N–H and O–H groups in total. The highest BCUT2D eigenvalue weighted by Gasteiger charge is 2.20. The van der Waals surface area contributed by atoms with Crippen molar-refractivity contribution in [1.29, 1.82) is 0 Å². The lowest BCUT2D eigenvalue weighted by Gasteiger charge is -2.20. The summed E-state index contributed by atoms with van der Waals surface area (Å²) < 4.78 is 5.30. The van der Waals surface area contributed by atoms with Gasteiger partial charge in [0.25, 0.3) is 5.91 Å². The maximum atomic E-state index is 13.3. The average Bonchev–Trinajstić information content (AvgIpc) is 2.82. The van der Waals surface area contributed by atoms with Crippen LogP contribution in [0.3, 0.4) is 0 Å². The van der Waals surface area contributed by atoms with Gasteiger partial charge < -0.3 is 9.32 Å². The van der Waals surface area contributed by atoms with Gasteiger partial charge >= 0.3 is 5.63 Å². The minimum absolute atomic E-state index is 0.232. The molecular formula is C25H16N4O3. The van der Waals surface area contributed by atoms with Gasteiger partial charge in [0.1, 0.15) is 5.58 Å². The molecule has 0 unspecified atom stereocenters. The third-order valence-corrected chi connectivity index (χ3v) is 4.84. The van der Waals surface area contributed by atoms with Crippen molar-refractivity contribution in [3.05, 3.63) is 116 Å². The summed E-state index contributed by atoms with van der Waals surface area (Å²) >= 11 is 0. The van der Waals surface area contributed by atoms with Crippen molar-refractivity contribution in [2.75, 3.05) is 11.9 Å². The molecule has 3 aromatic carbocycles. The van der Waals surface area contributed by atoms with E-state index in [1.54, 1.807) is 49.5 Å². The normalized spacial score (nSPS) is 10.0. The van der Waals surface area contributed by atoms with E-state index in [9.17, 15) is 9.59 Å². The number of amides is 1. The third kappa shape index (κ3) is 4.08. The summed E-state index contributed by atoms with van der Waals surface area (Å²) in [5.74, 6) is 5.86. The Hall–Kier alpha value is -4.79. The molecule has 0 spiro atoms. The number of carbonyl (C=O) groups excluding carboxylic acids is 1. The summed E-state index contributed by atoms with van der Waals surface area (Å²) in [7, 11) is 1.61. The van der Waals surface area contributed by atoms with Crippen molar-refractivity contribution >= 4 is 28.3 Å². The van der Waals surface area contributed by atoms with Gasteiger partial charge in [0.05, 0.1) is 16.9 Å². The molecule has 0 aliphatic carbocycles. The van der Waals surface area contributed by atoms with Crippen LogP contribution in [0.25, 0.3) is 21.4 Å². The Balaban J connectivity index is 1.88. The van der Waals surface area contributed by atoms with Gasteiger partial charge in [0.15, 0.2) is 0 Å². The largest absolute Gasteiger partial charge is 0.423 e. The Bertz CT molecular complexity index is 1490. The zero-order chi connectivity index (χ0) is 22.5. The van der Waals surface area contributed by atoms with Gasteiger partial charge in [-0.15, -0.1) is 0 Å². The lowest BCUT2D eigenvalue weighted by atomic mass is 10.0. The Morgan fingerprint density at radius 3 is 2.50 bits per heavy atom. The first-order chi connectivity index (χ1) is 15.6. The van der Waals surface area contributed by atoms with Gasteiger partial charge in [-0.05, 0) is 41.9 Å². The Morgan fingerprint density at radius 2 is 1.72 bits per heavy atom. The molecule has 1 aromatic heterocycles. The number of nitrogens with zero attached hydrogens (tertiary/aromatic N) is 4. The van der Waals surface area contributed by atoms with E-state index < -0.39 is 5.63 Å². The molecule has 1 heterocycles. The highest BCUT2D eigenvalue weighted by atomic mass is 16.4. The van der Waals surface area contributed by atoms with Crippen LogP contribution in [0.15, 0.2) is 93.2 Å². The molecule has 0 saturated carbocycles. The minimum atomic E-state index is -0.472. The fourth-order valence-corrected chi connectivity index (χ4v) is 3.28. The van der Waals surface area contributed by atoms with Crippen LogP contribution in [-0.4, -0.2) is 13.0 Å². The Labute approximate surface area is 183 Å². The molecule has 0 aliphatic heterocycles. The number of hydrogen-bond donors (Lipinski definition) is 0. The number of carbonyl (C=O) groups is 1. The van der Waals surface area contributed by atoms with Crippen LogP contribution in [0.2, 0.25) is 0 Å². The molecule has 32 heavy (non-hydrogen) atoms. The van der Waals surface area contributed by atoms with E-state index >= 15 is 0 Å². The van der Waals surface area contributed by atoms with Gasteiger partial charge in [0, 0.05) is 34.5 Å². The number of azide groups is 1. The third-order valence-electron chi connectivity index (χ3n) is 4.84. The van der Waals surface area contributed by atoms with E-state index in [2.05, 4.69) is 21.9 Å². The summed E-state index contributed by atoms with van der Waals surface area (Å²) in [5.41, 5.74) is 11.1. The predicted octanol–water partition coefficient (Wildman–Crippen LogP) is 5.41.